The molecule has 0 N–H and O–H groups in total. The Morgan fingerprint density at radius 1 is 1.10 bits per heavy atom. The molecule has 1 aromatic heterocycles. The van der Waals surface area contributed by atoms with E-state index in [1.165, 1.54) is 31.6 Å². The molecule has 0 aliphatic carbocycles. The summed E-state index contributed by atoms with van der Waals surface area (Å²) in [5.41, 5.74) is 1.34. The maximum atomic E-state index is 11.8. The molecule has 0 spiro atoms. The fourth-order valence-corrected chi connectivity index (χ4v) is 1.69. The predicted octanol–water partition coefficient (Wildman–Crippen LogP) is 1.46. The van der Waals surface area contributed by atoms with Gasteiger partial charge in [0.25, 0.3) is 0 Å². The van der Waals surface area contributed by atoms with Crippen LogP contribution in [0.3, 0.4) is 0 Å². The minimum absolute atomic E-state index is 0.0237. The van der Waals surface area contributed by atoms with Gasteiger partial charge in [0.1, 0.15) is 6.61 Å². The van der Waals surface area contributed by atoms with Crippen LogP contribution in [0.4, 0.5) is 0 Å². The molecule has 0 saturated carbocycles. The molecule has 0 fully saturated rings. The first-order valence-corrected chi connectivity index (χ1v) is 6.13. The number of carbonyl (C=O) groups is 2. The number of hydrogen-bond donors (Lipinski definition) is 0. The topological polar surface area (TPSA) is 79.5 Å². The number of aromatic nitrogens is 1. The van der Waals surface area contributed by atoms with E-state index in [-0.39, 0.29) is 12.2 Å². The average Bonchev–Trinajstić information content (AvgIpc) is 2.52. The van der Waals surface area contributed by atoms with Crippen molar-refractivity contribution in [1.29, 1.82) is 0 Å². The van der Waals surface area contributed by atoms with Gasteiger partial charge in [0.05, 0.1) is 18.2 Å². The molecule has 108 valence electrons. The fourth-order valence-electron chi connectivity index (χ4n) is 1.69. The fraction of sp³-hybridized carbons (Fsp3) is 0.133. The number of hydrogen-bond acceptors (Lipinski definition) is 5. The lowest BCUT2D eigenvalue weighted by Gasteiger charge is -2.06. The normalized spacial score (nSPS) is 9.95. The highest BCUT2D eigenvalue weighted by Gasteiger charge is 2.10. The summed E-state index contributed by atoms with van der Waals surface area (Å²) in [6, 6.07) is 9.37. The maximum absolute atomic E-state index is 11.8. The van der Waals surface area contributed by atoms with Crippen LogP contribution in [-0.2, 0) is 16.1 Å². The number of nitrogens with zero attached hydrogens (tertiary/aromatic N) is 1. The van der Waals surface area contributed by atoms with Crippen LogP contribution in [0.2, 0.25) is 0 Å². The molecule has 2 aromatic rings. The highest BCUT2D eigenvalue weighted by molar-refractivity contribution is 5.90. The number of rotatable bonds is 4. The second kappa shape index (κ2) is 6.51. The predicted molar refractivity (Wildman–Crippen MR) is 72.3 cm³/mol. The van der Waals surface area contributed by atoms with Gasteiger partial charge in [-0.2, -0.15) is 4.73 Å². The zero-order valence-electron chi connectivity index (χ0n) is 11.3. The Bertz CT molecular complexity index is 651. The maximum Gasteiger partial charge on any atom is 0.338 e. The van der Waals surface area contributed by atoms with Crippen LogP contribution in [0.1, 0.15) is 26.3 Å². The summed E-state index contributed by atoms with van der Waals surface area (Å²) in [5.74, 6) is -0.995. The van der Waals surface area contributed by atoms with E-state index < -0.39 is 11.9 Å². The Kier molecular flexibility index (Phi) is 4.50. The van der Waals surface area contributed by atoms with Crippen molar-refractivity contribution in [3.05, 3.63) is 70.7 Å². The van der Waals surface area contributed by atoms with Crippen molar-refractivity contribution in [3.8, 4) is 0 Å². The van der Waals surface area contributed by atoms with Crippen LogP contribution in [0.25, 0.3) is 0 Å². The molecule has 1 aromatic carbocycles. The Morgan fingerprint density at radius 3 is 2.48 bits per heavy atom. The van der Waals surface area contributed by atoms with Crippen LogP contribution in [0.5, 0.6) is 0 Å². The second-order valence-corrected chi connectivity index (χ2v) is 4.21. The molecule has 0 unspecified atom stereocenters. The zero-order valence-corrected chi connectivity index (χ0v) is 11.3. The third kappa shape index (κ3) is 3.79. The molecule has 1 heterocycles. The lowest BCUT2D eigenvalue weighted by Crippen LogP contribution is -2.24. The molecule has 6 heteroatoms. The summed E-state index contributed by atoms with van der Waals surface area (Å²) in [4.78, 5) is 23.2. The van der Waals surface area contributed by atoms with Gasteiger partial charge in [-0.3, -0.25) is 0 Å². The first-order valence-electron chi connectivity index (χ1n) is 6.13. The molecule has 0 atom stereocenters. The molecule has 21 heavy (non-hydrogen) atoms. The van der Waals surface area contributed by atoms with Gasteiger partial charge in [-0.1, -0.05) is 12.1 Å². The van der Waals surface area contributed by atoms with Gasteiger partial charge in [-0.25, -0.2) is 9.59 Å². The zero-order chi connectivity index (χ0) is 15.2. The Hall–Kier alpha value is -2.89. The molecule has 0 aliphatic rings. The van der Waals surface area contributed by atoms with E-state index in [0.717, 1.165) is 0 Å². The highest BCUT2D eigenvalue weighted by atomic mass is 16.5. The smallest absolute Gasteiger partial charge is 0.338 e. The number of methoxy groups -OCH3 is 1. The van der Waals surface area contributed by atoms with Gasteiger partial charge in [0, 0.05) is 12.1 Å². The van der Waals surface area contributed by atoms with Gasteiger partial charge >= 0.3 is 11.9 Å². The molecule has 2 rings (SSSR count). The number of carbonyl (C=O) groups excluding carboxylic acids is 2. The van der Waals surface area contributed by atoms with Gasteiger partial charge in [-0.15, -0.1) is 0 Å². The largest absolute Gasteiger partial charge is 0.619 e. The highest BCUT2D eigenvalue weighted by Crippen LogP contribution is 2.09. The molecule has 0 aliphatic heterocycles. The Labute approximate surface area is 121 Å². The third-order valence-corrected chi connectivity index (χ3v) is 2.76. The van der Waals surface area contributed by atoms with Crippen molar-refractivity contribution < 1.29 is 23.8 Å². The lowest BCUT2D eigenvalue weighted by molar-refractivity contribution is -0.605. The quantitative estimate of drug-likeness (QED) is 0.483. The molecular weight excluding hydrogens is 274 g/mol. The van der Waals surface area contributed by atoms with Crippen LogP contribution < -0.4 is 4.73 Å². The summed E-state index contributed by atoms with van der Waals surface area (Å²) < 4.78 is 10.3. The van der Waals surface area contributed by atoms with E-state index in [1.54, 1.807) is 24.3 Å². The number of esters is 2. The van der Waals surface area contributed by atoms with Crippen molar-refractivity contribution in [1.82, 2.24) is 0 Å². The first kappa shape index (κ1) is 14.5. The molecule has 0 radical (unpaired) electrons. The number of ether oxygens (including phenoxy) is 2. The summed E-state index contributed by atoms with van der Waals surface area (Å²) in [6.07, 6.45) is 2.43. The number of pyridine rings is 1. The van der Waals surface area contributed by atoms with Gasteiger partial charge in [0.15, 0.2) is 12.4 Å². The van der Waals surface area contributed by atoms with E-state index in [0.29, 0.717) is 15.9 Å². The average molecular weight is 287 g/mol. The van der Waals surface area contributed by atoms with E-state index in [2.05, 4.69) is 4.74 Å². The lowest BCUT2D eigenvalue weighted by atomic mass is 10.1. The van der Waals surface area contributed by atoms with Crippen LogP contribution in [-0.4, -0.2) is 19.0 Å². The summed E-state index contributed by atoms with van der Waals surface area (Å²) in [5, 5.41) is 10.9. The van der Waals surface area contributed by atoms with Crippen molar-refractivity contribution >= 4 is 11.9 Å². The van der Waals surface area contributed by atoms with Crippen LogP contribution in [0, 0.1) is 5.21 Å². The minimum atomic E-state index is -0.543. The number of benzene rings is 1. The Morgan fingerprint density at radius 2 is 1.81 bits per heavy atom. The van der Waals surface area contributed by atoms with Crippen LogP contribution >= 0.6 is 0 Å². The van der Waals surface area contributed by atoms with E-state index in [4.69, 9.17) is 4.74 Å². The minimum Gasteiger partial charge on any atom is -0.619 e. The van der Waals surface area contributed by atoms with Crippen molar-refractivity contribution in [2.75, 3.05) is 7.11 Å². The Balaban J connectivity index is 2.01. The monoisotopic (exact) mass is 287 g/mol. The van der Waals surface area contributed by atoms with E-state index >= 15 is 0 Å². The standard InChI is InChI=1S/C15H13NO5/c1-20-14(17)13-4-2-3-11(9-13)10-21-15(18)12-5-7-16(19)8-6-12/h2-9H,10H2,1H3. The van der Waals surface area contributed by atoms with E-state index in [1.807, 2.05) is 0 Å². The molecule has 0 amide bonds. The molecule has 6 nitrogen and oxygen atoms in total. The SMILES string of the molecule is COC(=O)c1cccc(COC(=O)c2cc[n+]([O-])cc2)c1. The second-order valence-electron chi connectivity index (χ2n) is 4.21. The van der Waals surface area contributed by atoms with Gasteiger partial charge in [-0.05, 0) is 17.7 Å². The third-order valence-electron chi connectivity index (χ3n) is 2.76. The van der Waals surface area contributed by atoms with Gasteiger partial charge < -0.3 is 14.7 Å². The van der Waals surface area contributed by atoms with Crippen molar-refractivity contribution in [2.45, 2.75) is 6.61 Å². The van der Waals surface area contributed by atoms with Crippen LogP contribution in [0.15, 0.2) is 48.8 Å². The summed E-state index contributed by atoms with van der Waals surface area (Å²) >= 11 is 0. The van der Waals surface area contributed by atoms with Crippen molar-refractivity contribution in [3.63, 3.8) is 0 Å². The molecule has 0 saturated heterocycles. The molecular formula is C15H13NO5. The molecule has 0 bridgehead atoms. The van der Waals surface area contributed by atoms with Gasteiger partial charge in [0.2, 0.25) is 0 Å². The van der Waals surface area contributed by atoms with E-state index in [9.17, 15) is 14.8 Å². The summed E-state index contributed by atoms with van der Waals surface area (Å²) in [7, 11) is 1.30. The van der Waals surface area contributed by atoms with Crippen molar-refractivity contribution in [2.24, 2.45) is 0 Å². The summed E-state index contributed by atoms with van der Waals surface area (Å²) in [6.45, 7) is 0.0237. The first-order chi connectivity index (χ1) is 10.1.